The van der Waals surface area contributed by atoms with Crippen molar-refractivity contribution in [1.29, 1.82) is 0 Å². The second kappa shape index (κ2) is 7.20. The van der Waals surface area contributed by atoms with E-state index in [1.807, 2.05) is 0 Å². The molecule has 90 valence electrons. The van der Waals surface area contributed by atoms with Crippen LogP contribution in [0.5, 0.6) is 0 Å². The molecule has 0 heterocycles. The van der Waals surface area contributed by atoms with Crippen LogP contribution in [0, 0.1) is 5.92 Å². The Hall–Kier alpha value is -0.120. The molecule has 0 amide bonds. The fourth-order valence-corrected chi connectivity index (χ4v) is 1.93. The van der Waals surface area contributed by atoms with Crippen molar-refractivity contribution in [2.45, 2.75) is 38.6 Å². The Bertz CT molecular complexity index is 160. The molecule has 0 aromatic rings. The van der Waals surface area contributed by atoms with Crippen molar-refractivity contribution in [3.63, 3.8) is 0 Å². The summed E-state index contributed by atoms with van der Waals surface area (Å²) in [5.74, 6) is 0.964. The molecule has 0 saturated heterocycles. The van der Waals surface area contributed by atoms with Crippen molar-refractivity contribution in [3.8, 4) is 0 Å². The van der Waals surface area contributed by atoms with E-state index in [1.54, 1.807) is 7.11 Å². The van der Waals surface area contributed by atoms with Crippen LogP contribution in [0.4, 0.5) is 0 Å². The largest absolute Gasteiger partial charge is 0.385 e. The van der Waals surface area contributed by atoms with Crippen molar-refractivity contribution in [2.24, 2.45) is 11.7 Å². The molecule has 2 N–H and O–H groups in total. The zero-order chi connectivity index (χ0) is 11.1. The van der Waals surface area contributed by atoms with Gasteiger partial charge in [0.15, 0.2) is 0 Å². The zero-order valence-electron chi connectivity index (χ0n) is 10.2. The number of nitrogens with zero attached hydrogens (tertiary/aromatic N) is 1. The van der Waals surface area contributed by atoms with Crippen LogP contribution in [-0.4, -0.2) is 44.3 Å². The summed E-state index contributed by atoms with van der Waals surface area (Å²) in [7, 11) is 1.74. The third kappa shape index (κ3) is 6.13. The van der Waals surface area contributed by atoms with Crippen molar-refractivity contribution < 1.29 is 4.74 Å². The molecule has 0 aliphatic heterocycles. The molecule has 1 aliphatic carbocycles. The van der Waals surface area contributed by atoms with Crippen LogP contribution in [0.1, 0.15) is 32.6 Å². The van der Waals surface area contributed by atoms with Crippen molar-refractivity contribution >= 4 is 0 Å². The maximum absolute atomic E-state index is 6.07. The number of ether oxygens (including phenoxy) is 1. The van der Waals surface area contributed by atoms with E-state index in [0.717, 1.165) is 25.5 Å². The van der Waals surface area contributed by atoms with Crippen molar-refractivity contribution in [1.82, 2.24) is 4.90 Å². The van der Waals surface area contributed by atoms with E-state index in [9.17, 15) is 0 Å². The molecule has 1 unspecified atom stereocenters. The number of hydrogen-bond donors (Lipinski definition) is 1. The number of rotatable bonds is 9. The smallest absolute Gasteiger partial charge is 0.0477 e. The standard InChI is InChI=1S/C12H26N2O/c1-3-7-14(9-11-4-5-11)10-12(13)6-8-15-2/h11-12H,3-10,13H2,1-2H3. The number of methoxy groups -OCH3 is 1. The minimum Gasteiger partial charge on any atom is -0.385 e. The van der Waals surface area contributed by atoms with E-state index in [2.05, 4.69) is 11.8 Å². The summed E-state index contributed by atoms with van der Waals surface area (Å²) in [5.41, 5.74) is 6.07. The Morgan fingerprint density at radius 3 is 2.73 bits per heavy atom. The Kier molecular flexibility index (Phi) is 6.22. The monoisotopic (exact) mass is 214 g/mol. The lowest BCUT2D eigenvalue weighted by Crippen LogP contribution is -2.39. The van der Waals surface area contributed by atoms with Crippen LogP contribution in [0.3, 0.4) is 0 Å². The lowest BCUT2D eigenvalue weighted by molar-refractivity contribution is 0.173. The molecular weight excluding hydrogens is 188 g/mol. The van der Waals surface area contributed by atoms with Gasteiger partial charge < -0.3 is 15.4 Å². The third-order valence-corrected chi connectivity index (χ3v) is 2.94. The molecule has 3 heteroatoms. The maximum Gasteiger partial charge on any atom is 0.0477 e. The van der Waals surface area contributed by atoms with E-state index in [1.165, 1.54) is 32.4 Å². The normalized spacial score (nSPS) is 18.4. The average Bonchev–Trinajstić information content (AvgIpc) is 2.99. The van der Waals surface area contributed by atoms with Crippen LogP contribution < -0.4 is 5.73 Å². The molecule has 0 spiro atoms. The number of nitrogens with two attached hydrogens (primary N) is 1. The molecule has 1 atom stereocenters. The van der Waals surface area contributed by atoms with Gasteiger partial charge in [0, 0.05) is 32.8 Å². The molecule has 1 aliphatic rings. The van der Waals surface area contributed by atoms with E-state index in [0.29, 0.717) is 0 Å². The van der Waals surface area contributed by atoms with Crippen LogP contribution in [0.15, 0.2) is 0 Å². The minimum absolute atomic E-state index is 0.273. The van der Waals surface area contributed by atoms with Gasteiger partial charge in [0.1, 0.15) is 0 Å². The molecule has 0 aromatic heterocycles. The van der Waals surface area contributed by atoms with Gasteiger partial charge in [0.05, 0.1) is 0 Å². The van der Waals surface area contributed by atoms with Gasteiger partial charge in [-0.3, -0.25) is 0 Å². The molecule has 0 bridgehead atoms. The summed E-state index contributed by atoms with van der Waals surface area (Å²) in [6.07, 6.45) is 5.05. The summed E-state index contributed by atoms with van der Waals surface area (Å²) in [4.78, 5) is 2.53. The zero-order valence-corrected chi connectivity index (χ0v) is 10.2. The van der Waals surface area contributed by atoms with Crippen LogP contribution in [0.25, 0.3) is 0 Å². The van der Waals surface area contributed by atoms with Gasteiger partial charge in [-0.05, 0) is 38.1 Å². The SMILES string of the molecule is CCCN(CC(N)CCOC)CC1CC1. The average molecular weight is 214 g/mol. The van der Waals surface area contributed by atoms with Gasteiger partial charge in [-0.1, -0.05) is 6.92 Å². The first-order valence-corrected chi connectivity index (χ1v) is 6.23. The first-order chi connectivity index (χ1) is 7.26. The topological polar surface area (TPSA) is 38.5 Å². The molecule has 0 radical (unpaired) electrons. The predicted octanol–water partition coefficient (Wildman–Crippen LogP) is 1.47. The molecule has 3 nitrogen and oxygen atoms in total. The lowest BCUT2D eigenvalue weighted by atomic mass is 10.2. The highest BCUT2D eigenvalue weighted by molar-refractivity contribution is 4.79. The van der Waals surface area contributed by atoms with Gasteiger partial charge in [0.2, 0.25) is 0 Å². The van der Waals surface area contributed by atoms with Gasteiger partial charge >= 0.3 is 0 Å². The predicted molar refractivity (Wildman–Crippen MR) is 63.9 cm³/mol. The summed E-state index contributed by atoms with van der Waals surface area (Å²) in [5, 5.41) is 0. The van der Waals surface area contributed by atoms with Crippen molar-refractivity contribution in [2.75, 3.05) is 33.4 Å². The Balaban J connectivity index is 2.15. The third-order valence-electron chi connectivity index (χ3n) is 2.94. The van der Waals surface area contributed by atoms with Gasteiger partial charge in [-0.2, -0.15) is 0 Å². The van der Waals surface area contributed by atoms with Crippen LogP contribution in [-0.2, 0) is 4.74 Å². The minimum atomic E-state index is 0.273. The second-order valence-electron chi connectivity index (χ2n) is 4.74. The fourth-order valence-electron chi connectivity index (χ4n) is 1.93. The first kappa shape index (κ1) is 12.9. The van der Waals surface area contributed by atoms with Crippen molar-refractivity contribution in [3.05, 3.63) is 0 Å². The molecular formula is C12H26N2O. The highest BCUT2D eigenvalue weighted by Gasteiger charge is 2.24. The lowest BCUT2D eigenvalue weighted by Gasteiger charge is -2.25. The fraction of sp³-hybridized carbons (Fsp3) is 1.00. The Labute approximate surface area is 94.0 Å². The first-order valence-electron chi connectivity index (χ1n) is 6.23. The molecule has 1 rings (SSSR count). The van der Waals surface area contributed by atoms with E-state index in [-0.39, 0.29) is 6.04 Å². The van der Waals surface area contributed by atoms with Gasteiger partial charge in [0.25, 0.3) is 0 Å². The van der Waals surface area contributed by atoms with Gasteiger partial charge in [-0.15, -0.1) is 0 Å². The maximum atomic E-state index is 6.07. The van der Waals surface area contributed by atoms with E-state index < -0.39 is 0 Å². The molecule has 1 saturated carbocycles. The molecule has 1 fully saturated rings. The number of hydrogen-bond acceptors (Lipinski definition) is 3. The molecule has 0 aromatic carbocycles. The highest BCUT2D eigenvalue weighted by Crippen LogP contribution is 2.29. The molecule has 15 heavy (non-hydrogen) atoms. The van der Waals surface area contributed by atoms with E-state index in [4.69, 9.17) is 10.5 Å². The Morgan fingerprint density at radius 1 is 1.47 bits per heavy atom. The van der Waals surface area contributed by atoms with Crippen LogP contribution >= 0.6 is 0 Å². The summed E-state index contributed by atoms with van der Waals surface area (Å²) in [6.45, 7) is 6.50. The quantitative estimate of drug-likeness (QED) is 0.632. The second-order valence-corrected chi connectivity index (χ2v) is 4.74. The highest BCUT2D eigenvalue weighted by atomic mass is 16.5. The van der Waals surface area contributed by atoms with E-state index >= 15 is 0 Å². The Morgan fingerprint density at radius 2 is 2.20 bits per heavy atom. The summed E-state index contributed by atoms with van der Waals surface area (Å²) < 4.78 is 5.05. The van der Waals surface area contributed by atoms with Gasteiger partial charge in [-0.25, -0.2) is 0 Å². The summed E-state index contributed by atoms with van der Waals surface area (Å²) in [6, 6.07) is 0.273. The summed E-state index contributed by atoms with van der Waals surface area (Å²) >= 11 is 0. The van der Waals surface area contributed by atoms with Crippen LogP contribution in [0.2, 0.25) is 0 Å².